The summed E-state index contributed by atoms with van der Waals surface area (Å²) >= 11 is 0. The van der Waals surface area contributed by atoms with E-state index in [4.69, 9.17) is 14.2 Å². The van der Waals surface area contributed by atoms with Gasteiger partial charge in [0.05, 0.1) is 0 Å². The highest BCUT2D eigenvalue weighted by atomic mass is 16.6. The average Bonchev–Trinajstić information content (AvgIpc) is 2.72. The number of nitrogens with one attached hydrogen (secondary N) is 2. The molecule has 1 aliphatic heterocycles. The van der Waals surface area contributed by atoms with Crippen LogP contribution in [0.1, 0.15) is 12.5 Å². The van der Waals surface area contributed by atoms with Crippen molar-refractivity contribution in [3.8, 4) is 11.5 Å². The Morgan fingerprint density at radius 3 is 2.50 bits per heavy atom. The number of fused-ring (bicyclic) bond motifs is 1. The number of rotatable bonds is 5. The molecule has 3 amide bonds. The molecule has 2 N–H and O–H groups in total. The Balaban J connectivity index is 1.44. The predicted molar refractivity (Wildman–Crippen MR) is 98.7 cm³/mol. The Kier molecular flexibility index (Phi) is 6.11. The molecule has 0 aromatic heterocycles. The Hall–Kier alpha value is -3.55. The summed E-state index contributed by atoms with van der Waals surface area (Å²) in [5, 5.41) is 4.69. The third-order valence-electron chi connectivity index (χ3n) is 3.97. The third kappa shape index (κ3) is 5.00. The van der Waals surface area contributed by atoms with E-state index in [2.05, 4.69) is 10.6 Å². The first-order valence-electron chi connectivity index (χ1n) is 8.74. The molecular weight excluding hydrogens is 364 g/mol. The van der Waals surface area contributed by atoms with Crippen molar-refractivity contribution in [2.75, 3.05) is 6.61 Å². The van der Waals surface area contributed by atoms with Crippen LogP contribution in [0.3, 0.4) is 0 Å². The van der Waals surface area contributed by atoms with Crippen LogP contribution in [0.5, 0.6) is 11.5 Å². The van der Waals surface area contributed by atoms with Gasteiger partial charge in [0.1, 0.15) is 6.61 Å². The molecule has 0 aliphatic carbocycles. The first-order valence-corrected chi connectivity index (χ1v) is 8.74. The number of urea groups is 1. The van der Waals surface area contributed by atoms with Gasteiger partial charge in [-0.3, -0.25) is 10.1 Å². The molecule has 2 atom stereocenters. The van der Waals surface area contributed by atoms with Gasteiger partial charge >= 0.3 is 12.0 Å². The fourth-order valence-corrected chi connectivity index (χ4v) is 2.48. The van der Waals surface area contributed by atoms with Gasteiger partial charge in [0, 0.05) is 6.54 Å². The van der Waals surface area contributed by atoms with Gasteiger partial charge in [-0.2, -0.15) is 0 Å². The van der Waals surface area contributed by atoms with Crippen LogP contribution in [0.25, 0.3) is 0 Å². The number of ether oxygens (including phenoxy) is 3. The molecule has 1 heterocycles. The first-order chi connectivity index (χ1) is 13.5. The lowest BCUT2D eigenvalue weighted by Crippen LogP contribution is -2.46. The number of amides is 3. The van der Waals surface area contributed by atoms with Crippen molar-refractivity contribution in [3.05, 3.63) is 60.2 Å². The predicted octanol–water partition coefficient (Wildman–Crippen LogP) is 1.78. The highest BCUT2D eigenvalue weighted by Crippen LogP contribution is 2.31. The fraction of sp³-hybridized carbons (Fsp3) is 0.250. The van der Waals surface area contributed by atoms with Gasteiger partial charge in [0.2, 0.25) is 6.10 Å². The molecule has 0 spiro atoms. The van der Waals surface area contributed by atoms with Crippen LogP contribution in [0.15, 0.2) is 54.6 Å². The molecule has 2 aromatic rings. The minimum atomic E-state index is -1.17. The maximum absolute atomic E-state index is 12.2. The molecule has 8 heteroatoms. The summed E-state index contributed by atoms with van der Waals surface area (Å²) < 4.78 is 16.1. The summed E-state index contributed by atoms with van der Waals surface area (Å²) in [6, 6.07) is 15.5. The Bertz CT molecular complexity index is 855. The Morgan fingerprint density at radius 2 is 1.75 bits per heavy atom. The Morgan fingerprint density at radius 1 is 1.07 bits per heavy atom. The summed E-state index contributed by atoms with van der Waals surface area (Å²) in [6.45, 7) is 1.61. The van der Waals surface area contributed by atoms with Crippen molar-refractivity contribution < 1.29 is 28.6 Å². The van der Waals surface area contributed by atoms with E-state index in [1.807, 2.05) is 30.3 Å². The van der Waals surface area contributed by atoms with Gasteiger partial charge < -0.3 is 19.5 Å². The van der Waals surface area contributed by atoms with Crippen LogP contribution in [0.4, 0.5) is 4.79 Å². The van der Waals surface area contributed by atoms with E-state index < -0.39 is 30.1 Å². The van der Waals surface area contributed by atoms with Crippen LogP contribution < -0.4 is 20.1 Å². The van der Waals surface area contributed by atoms with Gasteiger partial charge in [-0.05, 0) is 24.6 Å². The molecule has 0 unspecified atom stereocenters. The summed E-state index contributed by atoms with van der Waals surface area (Å²) in [7, 11) is 0. The Labute approximate surface area is 161 Å². The van der Waals surface area contributed by atoms with E-state index in [0.29, 0.717) is 11.5 Å². The molecule has 3 rings (SSSR count). The lowest BCUT2D eigenvalue weighted by Gasteiger charge is -2.25. The number of imide groups is 1. The van der Waals surface area contributed by atoms with Gasteiger partial charge in [-0.25, -0.2) is 9.59 Å². The number of carbonyl (C=O) groups excluding carboxylic acids is 3. The van der Waals surface area contributed by atoms with Crippen LogP contribution in [-0.4, -0.2) is 36.7 Å². The molecule has 2 aromatic carbocycles. The van der Waals surface area contributed by atoms with E-state index in [9.17, 15) is 14.4 Å². The lowest BCUT2D eigenvalue weighted by molar-refractivity contribution is -0.163. The normalized spacial score (nSPS) is 15.8. The van der Waals surface area contributed by atoms with Crippen molar-refractivity contribution in [2.45, 2.75) is 25.7 Å². The second-order valence-corrected chi connectivity index (χ2v) is 6.10. The summed E-state index contributed by atoms with van der Waals surface area (Å²) in [6.07, 6.45) is -2.16. The zero-order valence-electron chi connectivity index (χ0n) is 15.2. The molecule has 0 saturated carbocycles. The number of carbonyl (C=O) groups is 3. The van der Waals surface area contributed by atoms with Crippen molar-refractivity contribution in [3.63, 3.8) is 0 Å². The van der Waals surface area contributed by atoms with Gasteiger partial charge in [-0.1, -0.05) is 42.5 Å². The van der Waals surface area contributed by atoms with Crippen molar-refractivity contribution in [1.29, 1.82) is 0 Å². The molecule has 1 aliphatic rings. The number of benzene rings is 2. The van der Waals surface area contributed by atoms with Gasteiger partial charge in [0.25, 0.3) is 5.91 Å². The van der Waals surface area contributed by atoms with E-state index in [-0.39, 0.29) is 13.2 Å². The number of para-hydroxylation sites is 2. The maximum Gasteiger partial charge on any atom is 0.351 e. The monoisotopic (exact) mass is 384 g/mol. The van der Waals surface area contributed by atoms with Crippen LogP contribution in [0.2, 0.25) is 0 Å². The zero-order chi connectivity index (χ0) is 19.9. The smallest absolute Gasteiger partial charge is 0.351 e. The quantitative estimate of drug-likeness (QED) is 0.762. The zero-order valence-corrected chi connectivity index (χ0v) is 15.2. The number of hydrogen-bond donors (Lipinski definition) is 2. The van der Waals surface area contributed by atoms with E-state index in [0.717, 1.165) is 5.56 Å². The fourth-order valence-electron chi connectivity index (χ4n) is 2.48. The van der Waals surface area contributed by atoms with E-state index >= 15 is 0 Å². The molecule has 28 heavy (non-hydrogen) atoms. The second kappa shape index (κ2) is 8.90. The largest absolute Gasteiger partial charge is 0.485 e. The molecular formula is C20H20N2O6. The number of esters is 1. The highest BCUT2D eigenvalue weighted by Gasteiger charge is 2.31. The van der Waals surface area contributed by atoms with Crippen LogP contribution in [0, 0.1) is 0 Å². The SMILES string of the molecule is C[C@@H](OC(=O)[C@@H]1COc2ccccc2O1)C(=O)NC(=O)NCc1ccccc1. The summed E-state index contributed by atoms with van der Waals surface area (Å²) in [5.41, 5.74) is 0.888. The standard InChI is InChI=1S/C20H20N2O6/c1-13(18(23)22-20(25)21-11-14-7-3-2-4-8-14)27-19(24)17-12-26-15-9-5-6-10-16(15)28-17/h2-10,13,17H,11-12H2,1H3,(H2,21,22,23,25)/t13-,17+/m1/s1. The van der Waals surface area contributed by atoms with Crippen molar-refractivity contribution >= 4 is 17.9 Å². The van der Waals surface area contributed by atoms with E-state index in [1.165, 1.54) is 6.92 Å². The minimum absolute atomic E-state index is 0.0260. The van der Waals surface area contributed by atoms with Crippen LogP contribution in [-0.2, 0) is 20.9 Å². The van der Waals surface area contributed by atoms with Crippen molar-refractivity contribution in [2.24, 2.45) is 0 Å². The first kappa shape index (κ1) is 19.2. The molecule has 8 nitrogen and oxygen atoms in total. The van der Waals surface area contributed by atoms with E-state index in [1.54, 1.807) is 24.3 Å². The summed E-state index contributed by atoms with van der Waals surface area (Å²) in [4.78, 5) is 36.1. The molecule has 0 saturated heterocycles. The third-order valence-corrected chi connectivity index (χ3v) is 3.97. The average molecular weight is 384 g/mol. The lowest BCUT2D eigenvalue weighted by atomic mass is 10.2. The maximum atomic E-state index is 12.2. The highest BCUT2D eigenvalue weighted by molar-refractivity contribution is 5.97. The number of hydrogen-bond acceptors (Lipinski definition) is 6. The molecule has 0 radical (unpaired) electrons. The molecule has 0 fully saturated rings. The van der Waals surface area contributed by atoms with Crippen molar-refractivity contribution in [1.82, 2.24) is 10.6 Å². The molecule has 146 valence electrons. The van der Waals surface area contributed by atoms with Crippen LogP contribution >= 0.6 is 0 Å². The second-order valence-electron chi connectivity index (χ2n) is 6.10. The topological polar surface area (TPSA) is 103 Å². The van der Waals surface area contributed by atoms with Gasteiger partial charge in [0.15, 0.2) is 17.6 Å². The molecule has 0 bridgehead atoms. The minimum Gasteiger partial charge on any atom is -0.485 e. The summed E-state index contributed by atoms with van der Waals surface area (Å²) in [5.74, 6) is -0.529. The van der Waals surface area contributed by atoms with Gasteiger partial charge in [-0.15, -0.1) is 0 Å².